The average Bonchev–Trinajstić information content (AvgIpc) is 2.35. The van der Waals surface area contributed by atoms with Crippen LogP contribution in [0.15, 0.2) is 49.1 Å². The van der Waals surface area contributed by atoms with Gasteiger partial charge in [0.1, 0.15) is 0 Å². The van der Waals surface area contributed by atoms with E-state index >= 15 is 0 Å². The standard InChI is InChI=1S/C12H22.C5H8/c1-4-7-9-11-12(6-3)10-8-5-2;1-3-5-4-2/h6,11H,3-5,7-10H2,1-2H3;3-5H,1H2,2H3. The third-order valence-electron chi connectivity index (χ3n) is 2.37. The van der Waals surface area contributed by atoms with Crippen LogP contribution in [0.5, 0.6) is 0 Å². The molecule has 0 unspecified atom stereocenters. The van der Waals surface area contributed by atoms with Gasteiger partial charge in [0.15, 0.2) is 0 Å². The smallest absolute Gasteiger partial charge is 0.0282 e. The molecule has 17 heavy (non-hydrogen) atoms. The van der Waals surface area contributed by atoms with Crippen LogP contribution in [-0.4, -0.2) is 0 Å². The van der Waals surface area contributed by atoms with E-state index in [2.05, 4.69) is 33.1 Å². The maximum absolute atomic E-state index is 3.82. The predicted octanol–water partition coefficient (Wildman–Crippen LogP) is 6.23. The first-order valence-electron chi connectivity index (χ1n) is 6.81. The second-order valence-electron chi connectivity index (χ2n) is 3.99. The first-order valence-corrected chi connectivity index (χ1v) is 6.81. The summed E-state index contributed by atoms with van der Waals surface area (Å²) in [6, 6.07) is 0. The minimum absolute atomic E-state index is 1.21. The minimum Gasteiger partial charge on any atom is -0.0991 e. The number of hydrogen-bond acceptors (Lipinski definition) is 0. The van der Waals surface area contributed by atoms with Crippen LogP contribution < -0.4 is 0 Å². The predicted molar refractivity (Wildman–Crippen MR) is 82.3 cm³/mol. The van der Waals surface area contributed by atoms with Crippen molar-refractivity contribution < 1.29 is 0 Å². The van der Waals surface area contributed by atoms with E-state index in [0.717, 1.165) is 0 Å². The van der Waals surface area contributed by atoms with Crippen LogP contribution in [0.2, 0.25) is 0 Å². The summed E-state index contributed by atoms with van der Waals surface area (Å²) >= 11 is 0. The normalized spacial score (nSPS) is 10.9. The van der Waals surface area contributed by atoms with E-state index in [1.165, 1.54) is 44.1 Å². The average molecular weight is 234 g/mol. The zero-order valence-electron chi connectivity index (χ0n) is 12.0. The van der Waals surface area contributed by atoms with Crippen LogP contribution in [0.25, 0.3) is 0 Å². The number of rotatable bonds is 8. The van der Waals surface area contributed by atoms with Gasteiger partial charge in [0, 0.05) is 0 Å². The summed E-state index contributed by atoms with van der Waals surface area (Å²) in [6.07, 6.45) is 17.5. The summed E-state index contributed by atoms with van der Waals surface area (Å²) in [4.78, 5) is 0. The van der Waals surface area contributed by atoms with Gasteiger partial charge < -0.3 is 0 Å². The van der Waals surface area contributed by atoms with Gasteiger partial charge in [-0.2, -0.15) is 0 Å². The van der Waals surface area contributed by atoms with Gasteiger partial charge in [0.05, 0.1) is 0 Å². The SMILES string of the molecule is C=CC(=CCCCC)CCCC.C=CC=CC. The molecule has 0 heterocycles. The highest BCUT2D eigenvalue weighted by atomic mass is 14.0. The molecule has 0 bridgehead atoms. The monoisotopic (exact) mass is 234 g/mol. The summed E-state index contributed by atoms with van der Waals surface area (Å²) in [5, 5.41) is 0. The van der Waals surface area contributed by atoms with Gasteiger partial charge in [-0.25, -0.2) is 0 Å². The van der Waals surface area contributed by atoms with Gasteiger partial charge in [0.25, 0.3) is 0 Å². The van der Waals surface area contributed by atoms with Crippen molar-refractivity contribution in [2.75, 3.05) is 0 Å². The lowest BCUT2D eigenvalue weighted by Gasteiger charge is -1.99. The molecule has 0 saturated heterocycles. The molecular formula is C17H30. The molecule has 0 saturated carbocycles. The fourth-order valence-electron chi connectivity index (χ4n) is 1.30. The van der Waals surface area contributed by atoms with Gasteiger partial charge in [-0.1, -0.05) is 82.2 Å². The maximum atomic E-state index is 3.82. The molecule has 0 aliphatic heterocycles. The second-order valence-corrected chi connectivity index (χ2v) is 3.99. The third kappa shape index (κ3) is 17.6. The molecule has 0 aromatic rings. The van der Waals surface area contributed by atoms with Crippen molar-refractivity contribution in [1.82, 2.24) is 0 Å². The highest BCUT2D eigenvalue weighted by Gasteiger charge is 1.90. The maximum Gasteiger partial charge on any atom is -0.0282 e. The highest BCUT2D eigenvalue weighted by molar-refractivity contribution is 5.15. The van der Waals surface area contributed by atoms with Crippen LogP contribution in [-0.2, 0) is 0 Å². The number of unbranched alkanes of at least 4 members (excludes halogenated alkanes) is 3. The van der Waals surface area contributed by atoms with Gasteiger partial charge >= 0.3 is 0 Å². The molecule has 0 rings (SSSR count). The molecule has 0 fully saturated rings. The van der Waals surface area contributed by atoms with Crippen LogP contribution in [0, 0.1) is 0 Å². The molecular weight excluding hydrogens is 204 g/mol. The summed E-state index contributed by atoms with van der Waals surface area (Å²) < 4.78 is 0. The summed E-state index contributed by atoms with van der Waals surface area (Å²) in [6.45, 7) is 13.7. The molecule has 0 aromatic heterocycles. The molecule has 0 heteroatoms. The molecule has 0 N–H and O–H groups in total. The largest absolute Gasteiger partial charge is 0.0991 e. The lowest BCUT2D eigenvalue weighted by molar-refractivity contribution is 0.778. The van der Waals surface area contributed by atoms with Crippen molar-refractivity contribution in [3.63, 3.8) is 0 Å². The van der Waals surface area contributed by atoms with E-state index in [1.807, 2.05) is 25.2 Å². The zero-order valence-corrected chi connectivity index (χ0v) is 12.0. The highest BCUT2D eigenvalue weighted by Crippen LogP contribution is 2.10. The Morgan fingerprint density at radius 3 is 2.06 bits per heavy atom. The van der Waals surface area contributed by atoms with Crippen LogP contribution in [0.1, 0.15) is 59.3 Å². The van der Waals surface area contributed by atoms with Gasteiger partial charge in [-0.05, 0) is 26.2 Å². The molecule has 0 aliphatic rings. The topological polar surface area (TPSA) is 0 Å². The minimum atomic E-state index is 1.21. The molecule has 0 amide bonds. The molecule has 0 aromatic carbocycles. The Hall–Kier alpha value is -1.04. The first kappa shape index (κ1) is 18.3. The Labute approximate surface area is 109 Å². The van der Waals surface area contributed by atoms with E-state index in [-0.39, 0.29) is 0 Å². The van der Waals surface area contributed by atoms with Gasteiger partial charge in [-0.3, -0.25) is 0 Å². The Balaban J connectivity index is 0. The Bertz CT molecular complexity index is 218. The summed E-state index contributed by atoms with van der Waals surface area (Å²) in [5.41, 5.74) is 1.44. The van der Waals surface area contributed by atoms with Crippen molar-refractivity contribution in [1.29, 1.82) is 0 Å². The van der Waals surface area contributed by atoms with E-state index in [9.17, 15) is 0 Å². The van der Waals surface area contributed by atoms with Crippen LogP contribution in [0.3, 0.4) is 0 Å². The summed E-state index contributed by atoms with van der Waals surface area (Å²) in [5.74, 6) is 0. The van der Waals surface area contributed by atoms with E-state index in [4.69, 9.17) is 0 Å². The van der Waals surface area contributed by atoms with Crippen molar-refractivity contribution in [3.8, 4) is 0 Å². The van der Waals surface area contributed by atoms with Gasteiger partial charge in [-0.15, -0.1) is 0 Å². The Morgan fingerprint density at radius 2 is 1.71 bits per heavy atom. The fraction of sp³-hybridized carbons (Fsp3) is 0.529. The number of hydrogen-bond donors (Lipinski definition) is 0. The van der Waals surface area contributed by atoms with Crippen molar-refractivity contribution in [2.45, 2.75) is 59.3 Å². The molecule has 0 nitrogen and oxygen atoms in total. The molecule has 0 aliphatic carbocycles. The lowest BCUT2D eigenvalue weighted by atomic mass is 10.1. The molecule has 0 atom stereocenters. The fourth-order valence-corrected chi connectivity index (χ4v) is 1.30. The van der Waals surface area contributed by atoms with Crippen LogP contribution in [0.4, 0.5) is 0 Å². The zero-order chi connectivity index (χ0) is 13.4. The molecule has 0 radical (unpaired) electrons. The second kappa shape index (κ2) is 17.4. The molecule has 0 spiro atoms. The third-order valence-corrected chi connectivity index (χ3v) is 2.37. The summed E-state index contributed by atoms with van der Waals surface area (Å²) in [7, 11) is 0. The van der Waals surface area contributed by atoms with E-state index in [0.29, 0.717) is 0 Å². The lowest BCUT2D eigenvalue weighted by Crippen LogP contribution is -1.79. The van der Waals surface area contributed by atoms with Crippen molar-refractivity contribution in [2.24, 2.45) is 0 Å². The Kier molecular flexibility index (Phi) is 18.7. The molecule has 98 valence electrons. The first-order chi connectivity index (χ1) is 8.26. The van der Waals surface area contributed by atoms with Crippen LogP contribution >= 0.6 is 0 Å². The number of allylic oxidation sites excluding steroid dienone is 6. The van der Waals surface area contributed by atoms with E-state index in [1.54, 1.807) is 6.08 Å². The van der Waals surface area contributed by atoms with Crippen molar-refractivity contribution >= 4 is 0 Å². The van der Waals surface area contributed by atoms with Crippen molar-refractivity contribution in [3.05, 3.63) is 49.1 Å². The Morgan fingerprint density at radius 1 is 1.06 bits per heavy atom. The van der Waals surface area contributed by atoms with E-state index < -0.39 is 0 Å². The quantitative estimate of drug-likeness (QED) is 0.345. The van der Waals surface area contributed by atoms with Gasteiger partial charge in [0.2, 0.25) is 0 Å².